The van der Waals surface area contributed by atoms with E-state index in [1.165, 1.54) is 51.4 Å². The third-order valence-electron chi connectivity index (χ3n) is 6.71. The molecule has 2 heterocycles. The number of carbonyl (C=O) groups excluding carboxylic acids is 1. The van der Waals surface area contributed by atoms with Gasteiger partial charge in [0.05, 0.1) is 19.6 Å². The molecule has 2 saturated heterocycles. The van der Waals surface area contributed by atoms with Crippen molar-refractivity contribution < 1.29 is 19.0 Å². The Hall–Kier alpha value is -0.610. The van der Waals surface area contributed by atoms with Crippen molar-refractivity contribution in [1.29, 1.82) is 0 Å². The zero-order chi connectivity index (χ0) is 15.6. The van der Waals surface area contributed by atoms with Gasteiger partial charge in [-0.25, -0.2) is 0 Å². The summed E-state index contributed by atoms with van der Waals surface area (Å²) in [6.45, 7) is 1.75. The zero-order valence-electron chi connectivity index (χ0n) is 14.1. The molecule has 2 aliphatic heterocycles. The lowest BCUT2D eigenvalue weighted by atomic mass is 9.68. The van der Waals surface area contributed by atoms with Crippen molar-refractivity contribution in [3.05, 3.63) is 0 Å². The van der Waals surface area contributed by atoms with Crippen molar-refractivity contribution in [3.63, 3.8) is 0 Å². The molecule has 4 aliphatic rings. The minimum atomic E-state index is 0.00240. The molecule has 0 aromatic carbocycles. The van der Waals surface area contributed by atoms with Gasteiger partial charge in [0.25, 0.3) is 0 Å². The van der Waals surface area contributed by atoms with E-state index in [0.29, 0.717) is 18.3 Å². The molecule has 130 valence electrons. The third-order valence-corrected chi connectivity index (χ3v) is 6.71. The van der Waals surface area contributed by atoms with Crippen LogP contribution in [0.25, 0.3) is 0 Å². The summed E-state index contributed by atoms with van der Waals surface area (Å²) in [5.74, 6) is 3.07. The Morgan fingerprint density at radius 2 is 1.17 bits per heavy atom. The van der Waals surface area contributed by atoms with Crippen LogP contribution < -0.4 is 0 Å². The highest BCUT2D eigenvalue weighted by Crippen LogP contribution is 2.44. The lowest BCUT2D eigenvalue weighted by molar-refractivity contribution is -0.211. The van der Waals surface area contributed by atoms with Crippen molar-refractivity contribution >= 4 is 5.97 Å². The van der Waals surface area contributed by atoms with Gasteiger partial charge in [0, 0.05) is 5.92 Å². The number of cyclic esters (lactones) is 1. The smallest absolute Gasteiger partial charge is 0.309 e. The maximum Gasteiger partial charge on any atom is 0.309 e. The molecule has 1 atom stereocenters. The Morgan fingerprint density at radius 1 is 0.696 bits per heavy atom. The summed E-state index contributed by atoms with van der Waals surface area (Å²) in [6, 6.07) is 0. The molecule has 0 amide bonds. The van der Waals surface area contributed by atoms with Crippen molar-refractivity contribution in [3.8, 4) is 0 Å². The number of ether oxygens (including phenoxy) is 3. The first kappa shape index (κ1) is 15.9. The first-order chi connectivity index (χ1) is 11.3. The molecule has 2 aliphatic carbocycles. The van der Waals surface area contributed by atoms with Crippen LogP contribution in [0.15, 0.2) is 0 Å². The van der Waals surface area contributed by atoms with Gasteiger partial charge in [-0.2, -0.15) is 0 Å². The highest BCUT2D eigenvalue weighted by atomic mass is 16.7. The van der Waals surface area contributed by atoms with Crippen molar-refractivity contribution in [1.82, 2.24) is 0 Å². The van der Waals surface area contributed by atoms with E-state index in [-0.39, 0.29) is 18.4 Å². The first-order valence-corrected chi connectivity index (χ1v) is 9.72. The summed E-state index contributed by atoms with van der Waals surface area (Å²) < 4.78 is 16.9. The van der Waals surface area contributed by atoms with E-state index in [0.717, 1.165) is 31.5 Å². The van der Waals surface area contributed by atoms with Crippen LogP contribution in [0.2, 0.25) is 0 Å². The van der Waals surface area contributed by atoms with Crippen LogP contribution in [0.1, 0.15) is 64.2 Å². The maximum absolute atomic E-state index is 11.0. The highest BCUT2D eigenvalue weighted by Gasteiger charge is 2.40. The maximum atomic E-state index is 11.0. The van der Waals surface area contributed by atoms with Crippen LogP contribution in [-0.4, -0.2) is 31.6 Å². The number of rotatable bonds is 3. The summed E-state index contributed by atoms with van der Waals surface area (Å²) in [5, 5.41) is 0. The van der Waals surface area contributed by atoms with Crippen LogP contribution in [0.3, 0.4) is 0 Å². The Balaban J connectivity index is 1.20. The van der Waals surface area contributed by atoms with Gasteiger partial charge >= 0.3 is 5.97 Å². The minimum Gasteiger partial charge on any atom is -0.461 e. The normalized spacial score (nSPS) is 42.8. The quantitative estimate of drug-likeness (QED) is 0.744. The minimum absolute atomic E-state index is 0.00240. The van der Waals surface area contributed by atoms with Crippen LogP contribution in [-0.2, 0) is 19.0 Å². The van der Waals surface area contributed by atoms with E-state index in [1.54, 1.807) is 0 Å². The van der Waals surface area contributed by atoms with Crippen molar-refractivity contribution in [2.24, 2.45) is 23.7 Å². The van der Waals surface area contributed by atoms with E-state index < -0.39 is 0 Å². The lowest BCUT2D eigenvalue weighted by Crippen LogP contribution is -2.41. The third kappa shape index (κ3) is 3.58. The fourth-order valence-electron chi connectivity index (χ4n) is 5.24. The van der Waals surface area contributed by atoms with E-state index >= 15 is 0 Å². The molecule has 0 aromatic heterocycles. The molecule has 0 spiro atoms. The van der Waals surface area contributed by atoms with E-state index in [4.69, 9.17) is 14.2 Å². The summed E-state index contributed by atoms with van der Waals surface area (Å²) in [6.07, 6.45) is 12.5. The molecule has 23 heavy (non-hydrogen) atoms. The fraction of sp³-hybridized carbons (Fsp3) is 0.947. The molecule has 0 radical (unpaired) electrons. The molecule has 1 unspecified atom stereocenters. The summed E-state index contributed by atoms with van der Waals surface area (Å²) in [7, 11) is 0. The molecule has 0 aromatic rings. The average molecular weight is 322 g/mol. The molecule has 4 fully saturated rings. The summed E-state index contributed by atoms with van der Waals surface area (Å²) >= 11 is 0. The van der Waals surface area contributed by atoms with Gasteiger partial charge in [-0.15, -0.1) is 0 Å². The fourth-order valence-corrected chi connectivity index (χ4v) is 5.24. The molecule has 0 N–H and O–H groups in total. The second-order valence-electron chi connectivity index (χ2n) is 8.05. The molecule has 4 nitrogen and oxygen atoms in total. The summed E-state index contributed by atoms with van der Waals surface area (Å²) in [5.41, 5.74) is 0. The second-order valence-corrected chi connectivity index (χ2v) is 8.05. The van der Waals surface area contributed by atoms with E-state index in [1.807, 2.05) is 0 Å². The molecule has 4 heteroatoms. The molecular formula is C19H30O4. The number of hydrogen-bond donors (Lipinski definition) is 0. The zero-order valence-corrected chi connectivity index (χ0v) is 14.1. The Labute approximate surface area is 139 Å². The van der Waals surface area contributed by atoms with Crippen LogP contribution >= 0.6 is 0 Å². The highest BCUT2D eigenvalue weighted by molar-refractivity contribution is 5.75. The predicted octanol–water partition coefficient (Wildman–Crippen LogP) is 3.68. The lowest BCUT2D eigenvalue weighted by Gasteiger charge is -2.42. The van der Waals surface area contributed by atoms with Gasteiger partial charge in [0.15, 0.2) is 6.29 Å². The topological polar surface area (TPSA) is 44.8 Å². The molecule has 4 rings (SSSR count). The van der Waals surface area contributed by atoms with Crippen molar-refractivity contribution in [2.75, 3.05) is 13.2 Å². The standard InChI is InChI=1S/C19H30O4/c20-18-12-17(23-18)15-6-2-13(3-7-15)14-4-8-16(9-5-14)19-21-10-1-11-22-19/h13-17,19H,1-12H2. The summed E-state index contributed by atoms with van der Waals surface area (Å²) in [4.78, 5) is 11.0. The largest absolute Gasteiger partial charge is 0.461 e. The number of esters is 1. The van der Waals surface area contributed by atoms with Crippen LogP contribution in [0.4, 0.5) is 0 Å². The van der Waals surface area contributed by atoms with Gasteiger partial charge in [-0.05, 0) is 75.5 Å². The Morgan fingerprint density at radius 3 is 1.70 bits per heavy atom. The second kappa shape index (κ2) is 7.10. The van der Waals surface area contributed by atoms with Gasteiger partial charge in [-0.3, -0.25) is 4.79 Å². The van der Waals surface area contributed by atoms with Gasteiger partial charge in [0.2, 0.25) is 0 Å². The van der Waals surface area contributed by atoms with Gasteiger partial charge in [-0.1, -0.05) is 0 Å². The van der Waals surface area contributed by atoms with E-state index in [9.17, 15) is 4.79 Å². The molecular weight excluding hydrogens is 292 g/mol. The van der Waals surface area contributed by atoms with Gasteiger partial charge in [0.1, 0.15) is 6.10 Å². The predicted molar refractivity (Wildman–Crippen MR) is 85.7 cm³/mol. The first-order valence-electron chi connectivity index (χ1n) is 9.72. The Kier molecular flexibility index (Phi) is 4.91. The van der Waals surface area contributed by atoms with Gasteiger partial charge < -0.3 is 14.2 Å². The Bertz CT molecular complexity index is 394. The van der Waals surface area contributed by atoms with E-state index in [2.05, 4.69) is 0 Å². The van der Waals surface area contributed by atoms with Crippen LogP contribution in [0.5, 0.6) is 0 Å². The molecule has 2 saturated carbocycles. The SMILES string of the molecule is O=C1CC(C2CCC(C3CCC(C4OCCCO4)CC3)CC2)O1. The molecule has 0 bridgehead atoms. The van der Waals surface area contributed by atoms with Crippen LogP contribution in [0, 0.1) is 23.7 Å². The average Bonchev–Trinajstić information content (AvgIpc) is 2.60. The monoisotopic (exact) mass is 322 g/mol. The number of hydrogen-bond acceptors (Lipinski definition) is 4. The number of carbonyl (C=O) groups is 1. The van der Waals surface area contributed by atoms with Crippen molar-refractivity contribution in [2.45, 2.75) is 76.6 Å².